The third-order valence-corrected chi connectivity index (χ3v) is 6.00. The minimum Gasteiger partial charge on any atom is -0.490 e. The predicted octanol–water partition coefficient (Wildman–Crippen LogP) is 7.11. The van der Waals surface area contributed by atoms with Crippen molar-refractivity contribution in [3.8, 4) is 11.5 Å². The van der Waals surface area contributed by atoms with Gasteiger partial charge in [-0.2, -0.15) is 0 Å². The fraction of sp³-hybridized carbons (Fsp3) is 0.536. The second-order valence-corrected chi connectivity index (χ2v) is 8.69. The van der Waals surface area contributed by atoms with Gasteiger partial charge in [-0.1, -0.05) is 75.3 Å². The smallest absolute Gasteiger partial charge is 0.122 e. The number of nitrogens with one attached hydrogen (secondary N) is 1. The third-order valence-electron chi connectivity index (χ3n) is 6.00. The van der Waals surface area contributed by atoms with Crippen molar-refractivity contribution >= 4 is 5.84 Å². The second-order valence-electron chi connectivity index (χ2n) is 8.69. The Kier molecular flexibility index (Phi) is 11.0. The van der Waals surface area contributed by atoms with Crippen LogP contribution in [0, 0.1) is 0 Å². The molecule has 2 aromatic carbocycles. The van der Waals surface area contributed by atoms with Crippen molar-refractivity contribution in [1.82, 2.24) is 5.32 Å². The lowest BCUT2D eigenvalue weighted by atomic mass is 10.1. The van der Waals surface area contributed by atoms with Crippen molar-refractivity contribution in [3.05, 3.63) is 60.2 Å². The van der Waals surface area contributed by atoms with Crippen LogP contribution < -0.4 is 14.8 Å². The van der Waals surface area contributed by atoms with Crippen LogP contribution in [0.4, 0.5) is 0 Å². The highest BCUT2D eigenvalue weighted by molar-refractivity contribution is 5.82. The first-order valence-corrected chi connectivity index (χ1v) is 12.5. The fourth-order valence-corrected chi connectivity index (χ4v) is 4.07. The maximum absolute atomic E-state index is 5.83. The zero-order valence-electron chi connectivity index (χ0n) is 19.7. The summed E-state index contributed by atoms with van der Waals surface area (Å²) in [5.41, 5.74) is 1.22. The molecule has 0 amide bonds. The summed E-state index contributed by atoms with van der Waals surface area (Å²) in [4.78, 5) is 5.04. The normalized spacial score (nSPS) is 18.5. The molecule has 4 heteroatoms. The van der Waals surface area contributed by atoms with E-state index in [1.807, 2.05) is 42.5 Å². The van der Waals surface area contributed by atoms with E-state index >= 15 is 0 Å². The summed E-state index contributed by atoms with van der Waals surface area (Å²) in [6, 6.07) is 18.3. The standard InChI is InChI=1S/C28H40N2O2/c1-24(30-28-16-12-7-5-3-2-4-6-8-13-21-29-28)25-17-19-27(20-18-25)32-23-22-31-26-14-10-9-11-15-26/h9-11,14-15,17-20,24H,2-8,12-13,16,21-23H2,1H3,(H,29,30). The van der Waals surface area contributed by atoms with E-state index in [4.69, 9.17) is 14.5 Å². The van der Waals surface area contributed by atoms with Gasteiger partial charge in [0.2, 0.25) is 0 Å². The van der Waals surface area contributed by atoms with Gasteiger partial charge in [0.05, 0.1) is 11.9 Å². The molecule has 0 bridgehead atoms. The Morgan fingerprint density at radius 2 is 1.28 bits per heavy atom. The number of benzene rings is 2. The summed E-state index contributed by atoms with van der Waals surface area (Å²) in [5.74, 6) is 2.91. The molecule has 0 aliphatic carbocycles. The maximum atomic E-state index is 5.83. The highest BCUT2D eigenvalue weighted by Gasteiger charge is 2.08. The van der Waals surface area contributed by atoms with E-state index in [0.29, 0.717) is 13.2 Å². The second kappa shape index (κ2) is 14.5. The lowest BCUT2D eigenvalue weighted by Gasteiger charge is -2.14. The summed E-state index contributed by atoms with van der Waals surface area (Å²) in [6.45, 7) is 4.28. The minimum absolute atomic E-state index is 0.142. The van der Waals surface area contributed by atoms with Crippen molar-refractivity contribution < 1.29 is 9.47 Å². The van der Waals surface area contributed by atoms with Gasteiger partial charge in [0.15, 0.2) is 0 Å². The SMILES string of the molecule is CC(N=C1CCCCCCCCCCCN1)c1ccc(OCCOc2ccccc2)cc1. The number of rotatable bonds is 7. The largest absolute Gasteiger partial charge is 0.490 e. The summed E-state index contributed by atoms with van der Waals surface area (Å²) in [7, 11) is 0. The van der Waals surface area contributed by atoms with E-state index in [0.717, 1.165) is 24.5 Å². The third kappa shape index (κ3) is 9.33. The average Bonchev–Trinajstić information content (AvgIpc) is 2.85. The van der Waals surface area contributed by atoms with Gasteiger partial charge in [0, 0.05) is 13.0 Å². The molecule has 1 atom stereocenters. The Morgan fingerprint density at radius 1 is 0.719 bits per heavy atom. The molecule has 1 aliphatic heterocycles. The van der Waals surface area contributed by atoms with Crippen LogP contribution in [0.1, 0.15) is 82.7 Å². The van der Waals surface area contributed by atoms with Crippen molar-refractivity contribution in [2.75, 3.05) is 19.8 Å². The predicted molar refractivity (Wildman–Crippen MR) is 134 cm³/mol. The Balaban J connectivity index is 1.46. The van der Waals surface area contributed by atoms with Crippen molar-refractivity contribution in [2.45, 2.75) is 77.2 Å². The van der Waals surface area contributed by atoms with Crippen LogP contribution in [0.2, 0.25) is 0 Å². The topological polar surface area (TPSA) is 42.9 Å². The molecule has 4 nitrogen and oxygen atoms in total. The summed E-state index contributed by atoms with van der Waals surface area (Å²) < 4.78 is 11.5. The maximum Gasteiger partial charge on any atom is 0.122 e. The van der Waals surface area contributed by atoms with Gasteiger partial charge < -0.3 is 14.8 Å². The van der Waals surface area contributed by atoms with Gasteiger partial charge in [0.25, 0.3) is 0 Å². The van der Waals surface area contributed by atoms with Crippen LogP contribution in [0.15, 0.2) is 59.6 Å². The monoisotopic (exact) mass is 436 g/mol. The van der Waals surface area contributed by atoms with Crippen molar-refractivity contribution in [2.24, 2.45) is 4.99 Å². The first kappa shape index (κ1) is 24.2. The molecule has 1 N–H and O–H groups in total. The van der Waals surface area contributed by atoms with E-state index < -0.39 is 0 Å². The Hall–Kier alpha value is -2.49. The van der Waals surface area contributed by atoms with Gasteiger partial charge in [-0.25, -0.2) is 0 Å². The van der Waals surface area contributed by atoms with Crippen LogP contribution in [0.3, 0.4) is 0 Å². The van der Waals surface area contributed by atoms with Crippen molar-refractivity contribution in [3.63, 3.8) is 0 Å². The summed E-state index contributed by atoms with van der Waals surface area (Å²) in [6.07, 6.45) is 13.1. The number of ether oxygens (including phenoxy) is 2. The van der Waals surface area contributed by atoms with Gasteiger partial charge in [-0.05, 0) is 49.6 Å². The lowest BCUT2D eigenvalue weighted by Crippen LogP contribution is -2.25. The van der Waals surface area contributed by atoms with Crippen LogP contribution in [0.25, 0.3) is 0 Å². The number of amidine groups is 1. The van der Waals surface area contributed by atoms with E-state index in [-0.39, 0.29) is 6.04 Å². The molecule has 3 rings (SSSR count). The molecule has 32 heavy (non-hydrogen) atoms. The Labute approximate surface area is 194 Å². The highest BCUT2D eigenvalue weighted by Crippen LogP contribution is 2.21. The molecule has 0 spiro atoms. The summed E-state index contributed by atoms with van der Waals surface area (Å²) in [5, 5.41) is 3.63. The highest BCUT2D eigenvalue weighted by atomic mass is 16.5. The summed E-state index contributed by atoms with van der Waals surface area (Å²) >= 11 is 0. The fourth-order valence-electron chi connectivity index (χ4n) is 4.07. The molecule has 1 fully saturated rings. The van der Waals surface area contributed by atoms with E-state index in [1.165, 1.54) is 69.2 Å². The van der Waals surface area contributed by atoms with Gasteiger partial charge in [-0.15, -0.1) is 0 Å². The van der Waals surface area contributed by atoms with Crippen LogP contribution in [-0.2, 0) is 0 Å². The average molecular weight is 437 g/mol. The molecule has 1 unspecified atom stereocenters. The lowest BCUT2D eigenvalue weighted by molar-refractivity contribution is 0.217. The molecule has 2 aromatic rings. The Bertz CT molecular complexity index is 758. The number of nitrogens with zero attached hydrogens (tertiary/aromatic N) is 1. The number of aliphatic imine (C=N–C) groups is 1. The first-order chi connectivity index (χ1) is 15.8. The first-order valence-electron chi connectivity index (χ1n) is 12.5. The van der Waals surface area contributed by atoms with E-state index in [9.17, 15) is 0 Å². The molecule has 1 heterocycles. The molecular weight excluding hydrogens is 396 g/mol. The van der Waals surface area contributed by atoms with Crippen LogP contribution >= 0.6 is 0 Å². The Morgan fingerprint density at radius 3 is 1.94 bits per heavy atom. The molecule has 0 radical (unpaired) electrons. The van der Waals surface area contributed by atoms with Crippen molar-refractivity contribution in [1.29, 1.82) is 0 Å². The molecule has 174 valence electrons. The van der Waals surface area contributed by atoms with E-state index in [2.05, 4.69) is 24.4 Å². The van der Waals surface area contributed by atoms with Crippen LogP contribution in [0.5, 0.6) is 11.5 Å². The zero-order chi connectivity index (χ0) is 22.3. The van der Waals surface area contributed by atoms with Gasteiger partial charge in [0.1, 0.15) is 24.7 Å². The molecular formula is C28H40N2O2. The number of hydrogen-bond acceptors (Lipinski definition) is 3. The quantitative estimate of drug-likeness (QED) is 0.470. The molecule has 0 aromatic heterocycles. The zero-order valence-corrected chi connectivity index (χ0v) is 19.7. The van der Waals surface area contributed by atoms with Gasteiger partial charge >= 0.3 is 0 Å². The number of para-hydroxylation sites is 1. The molecule has 0 saturated carbocycles. The van der Waals surface area contributed by atoms with Gasteiger partial charge in [-0.3, -0.25) is 4.99 Å². The van der Waals surface area contributed by atoms with Crippen LogP contribution in [-0.4, -0.2) is 25.6 Å². The minimum atomic E-state index is 0.142. The number of hydrogen-bond donors (Lipinski definition) is 1. The molecule has 1 saturated heterocycles. The molecule has 1 aliphatic rings. The van der Waals surface area contributed by atoms with E-state index in [1.54, 1.807) is 0 Å².